The number of thiazole rings is 1. The molecule has 5 nitrogen and oxygen atoms in total. The molecule has 1 aromatic carbocycles. The van der Waals surface area contributed by atoms with Crippen molar-refractivity contribution in [3.8, 4) is 17.9 Å². The van der Waals surface area contributed by atoms with Crippen LogP contribution in [0.3, 0.4) is 0 Å². The summed E-state index contributed by atoms with van der Waals surface area (Å²) in [5, 5.41) is 18.1. The number of nitriles is 2. The third-order valence-corrected chi connectivity index (χ3v) is 4.19. The van der Waals surface area contributed by atoms with Crippen LogP contribution in [0, 0.1) is 22.7 Å². The third-order valence-electron chi connectivity index (χ3n) is 3.06. The minimum atomic E-state index is -2.91. The van der Waals surface area contributed by atoms with Gasteiger partial charge in [0.1, 0.15) is 22.6 Å². The highest BCUT2D eigenvalue weighted by Crippen LogP contribution is 2.15. The maximum absolute atomic E-state index is 12.5. The number of rotatable bonds is 5. The number of ether oxygens (including phenoxy) is 1. The molecule has 0 aliphatic rings. The van der Waals surface area contributed by atoms with E-state index in [-0.39, 0.29) is 28.1 Å². The fraction of sp³-hybridized carbons (Fsp3) is 0.118. The largest absolute Gasteiger partial charge is 0.435 e. The number of alkyl halides is 2. The molecule has 0 saturated heterocycles. The zero-order valence-corrected chi connectivity index (χ0v) is 13.6. The first-order valence-electron chi connectivity index (χ1n) is 6.91. The van der Waals surface area contributed by atoms with Crippen LogP contribution in [0.5, 0.6) is 5.75 Å². The van der Waals surface area contributed by atoms with Gasteiger partial charge in [0.05, 0.1) is 4.53 Å². The summed E-state index contributed by atoms with van der Waals surface area (Å²) in [7, 11) is 0. The first kappa shape index (κ1) is 18.1. The van der Waals surface area contributed by atoms with Crippen molar-refractivity contribution in [3.63, 3.8) is 0 Å². The summed E-state index contributed by atoms with van der Waals surface area (Å²) < 4.78 is 30.4. The highest BCUT2D eigenvalue weighted by atomic mass is 32.1. The van der Waals surface area contributed by atoms with Gasteiger partial charge in [-0.3, -0.25) is 9.36 Å². The summed E-state index contributed by atoms with van der Waals surface area (Å²) in [5.41, 5.74) is 0.0628. The SMILES string of the molecule is C=CCn1c(=C(C#N)C#N)sc(=Cc2ccc(OC(F)F)cc2)c1=O. The van der Waals surface area contributed by atoms with Crippen molar-refractivity contribution in [1.29, 1.82) is 10.5 Å². The van der Waals surface area contributed by atoms with Crippen LogP contribution in [0.25, 0.3) is 11.6 Å². The Hall–Kier alpha value is -3.23. The second kappa shape index (κ2) is 8.04. The number of benzene rings is 1. The quantitative estimate of drug-likeness (QED) is 0.762. The molecule has 0 amide bonds. The van der Waals surface area contributed by atoms with E-state index < -0.39 is 6.61 Å². The van der Waals surface area contributed by atoms with Crippen molar-refractivity contribution in [2.75, 3.05) is 0 Å². The maximum Gasteiger partial charge on any atom is 0.387 e. The molecule has 0 radical (unpaired) electrons. The van der Waals surface area contributed by atoms with Crippen molar-refractivity contribution in [2.24, 2.45) is 0 Å². The van der Waals surface area contributed by atoms with Crippen molar-refractivity contribution < 1.29 is 13.5 Å². The predicted molar refractivity (Wildman–Crippen MR) is 89.3 cm³/mol. The second-order valence-electron chi connectivity index (χ2n) is 4.67. The lowest BCUT2D eigenvalue weighted by molar-refractivity contribution is -0.0498. The van der Waals surface area contributed by atoms with Gasteiger partial charge in [0.25, 0.3) is 5.56 Å². The molecule has 0 bridgehead atoms. The number of hydrogen-bond acceptors (Lipinski definition) is 5. The van der Waals surface area contributed by atoms with E-state index in [9.17, 15) is 13.6 Å². The Kier molecular flexibility index (Phi) is 5.83. The monoisotopic (exact) mass is 359 g/mol. The van der Waals surface area contributed by atoms with Crippen molar-refractivity contribution in [3.05, 3.63) is 62.0 Å². The van der Waals surface area contributed by atoms with Crippen LogP contribution in [-0.2, 0) is 6.54 Å². The number of nitrogens with zero attached hydrogens (tertiary/aromatic N) is 3. The van der Waals surface area contributed by atoms with Crippen LogP contribution in [0.15, 0.2) is 41.7 Å². The van der Waals surface area contributed by atoms with E-state index in [1.807, 2.05) is 0 Å². The molecule has 0 aliphatic heterocycles. The molecule has 2 rings (SSSR count). The van der Waals surface area contributed by atoms with Gasteiger partial charge in [0, 0.05) is 6.54 Å². The molecule has 0 aliphatic carbocycles. The van der Waals surface area contributed by atoms with E-state index in [4.69, 9.17) is 10.5 Å². The van der Waals surface area contributed by atoms with E-state index >= 15 is 0 Å². The van der Waals surface area contributed by atoms with E-state index in [1.54, 1.807) is 18.2 Å². The van der Waals surface area contributed by atoms with Gasteiger partial charge in [-0.1, -0.05) is 18.2 Å². The highest BCUT2D eigenvalue weighted by molar-refractivity contribution is 7.07. The molecule has 0 saturated carbocycles. The first-order valence-corrected chi connectivity index (χ1v) is 7.73. The normalized spacial score (nSPS) is 11.0. The summed E-state index contributed by atoms with van der Waals surface area (Å²) in [4.78, 5) is 12.5. The van der Waals surface area contributed by atoms with Gasteiger partial charge in [-0.05, 0) is 23.8 Å². The molecule has 126 valence electrons. The molecular formula is C17H11F2N3O2S. The van der Waals surface area contributed by atoms with Gasteiger partial charge in [-0.2, -0.15) is 19.3 Å². The molecule has 0 atom stereocenters. The fourth-order valence-electron chi connectivity index (χ4n) is 2.02. The number of aromatic nitrogens is 1. The molecule has 0 spiro atoms. The van der Waals surface area contributed by atoms with Gasteiger partial charge in [0.2, 0.25) is 0 Å². The van der Waals surface area contributed by atoms with Crippen LogP contribution < -0.4 is 19.5 Å². The second-order valence-corrected chi connectivity index (χ2v) is 5.70. The van der Waals surface area contributed by atoms with Crippen LogP contribution in [0.2, 0.25) is 0 Å². The number of halogens is 2. The molecule has 0 unspecified atom stereocenters. The van der Waals surface area contributed by atoms with Gasteiger partial charge < -0.3 is 4.74 Å². The molecule has 25 heavy (non-hydrogen) atoms. The summed E-state index contributed by atoms with van der Waals surface area (Å²) in [6.07, 6.45) is 3.04. The Morgan fingerprint density at radius 2 is 1.96 bits per heavy atom. The minimum Gasteiger partial charge on any atom is -0.435 e. The third kappa shape index (κ3) is 4.19. The molecule has 1 heterocycles. The van der Waals surface area contributed by atoms with Crippen LogP contribution in [-0.4, -0.2) is 11.2 Å². The molecule has 8 heteroatoms. The highest BCUT2D eigenvalue weighted by Gasteiger charge is 2.08. The standard InChI is InChI=1S/C17H11F2N3O2S/c1-2-7-22-15(23)14(25-16(22)12(9-20)10-21)8-11-3-5-13(6-4-11)24-17(18)19/h2-6,8,17H,1,7H2. The number of hydrogen-bond donors (Lipinski definition) is 0. The van der Waals surface area contributed by atoms with Gasteiger partial charge in [-0.15, -0.1) is 17.9 Å². The molecule has 2 aromatic rings. The smallest absolute Gasteiger partial charge is 0.387 e. The maximum atomic E-state index is 12.5. The Labute approximate surface area is 145 Å². The first-order chi connectivity index (χ1) is 12.0. The van der Waals surface area contributed by atoms with Crippen molar-refractivity contribution in [1.82, 2.24) is 4.57 Å². The molecule has 0 fully saturated rings. The van der Waals surface area contributed by atoms with Crippen LogP contribution in [0.4, 0.5) is 8.78 Å². The molecule has 0 N–H and O–H groups in total. The lowest BCUT2D eigenvalue weighted by Crippen LogP contribution is -2.31. The minimum absolute atomic E-state index is 0.00710. The van der Waals surface area contributed by atoms with Gasteiger partial charge >= 0.3 is 6.61 Å². The Morgan fingerprint density at radius 1 is 1.32 bits per heavy atom. The van der Waals surface area contributed by atoms with Crippen molar-refractivity contribution in [2.45, 2.75) is 13.2 Å². The van der Waals surface area contributed by atoms with Crippen LogP contribution >= 0.6 is 11.3 Å². The summed E-state index contributed by atoms with van der Waals surface area (Å²) in [5.74, 6) is 0.00710. The lowest BCUT2D eigenvalue weighted by atomic mass is 10.2. The zero-order valence-electron chi connectivity index (χ0n) is 12.8. The Morgan fingerprint density at radius 3 is 2.48 bits per heavy atom. The fourth-order valence-corrected chi connectivity index (χ4v) is 3.08. The summed E-state index contributed by atoms with van der Waals surface area (Å²) >= 11 is 1.01. The molecular weight excluding hydrogens is 348 g/mol. The zero-order chi connectivity index (χ0) is 18.4. The van der Waals surface area contributed by atoms with E-state index in [0.717, 1.165) is 11.3 Å². The topological polar surface area (TPSA) is 78.8 Å². The predicted octanol–water partition coefficient (Wildman–Crippen LogP) is 1.72. The number of allylic oxidation sites excluding steroid dienone is 1. The van der Waals surface area contributed by atoms with Gasteiger partial charge in [-0.25, -0.2) is 0 Å². The van der Waals surface area contributed by atoms with Crippen molar-refractivity contribution >= 4 is 23.0 Å². The van der Waals surface area contributed by atoms with E-state index in [0.29, 0.717) is 10.1 Å². The van der Waals surface area contributed by atoms with E-state index in [1.165, 1.54) is 34.9 Å². The van der Waals surface area contributed by atoms with E-state index in [2.05, 4.69) is 11.3 Å². The summed E-state index contributed by atoms with van der Waals surface area (Å²) in [6.45, 7) is 0.809. The Balaban J connectivity index is 2.59. The van der Waals surface area contributed by atoms with Crippen LogP contribution in [0.1, 0.15) is 5.56 Å². The Bertz CT molecular complexity index is 1020. The lowest BCUT2D eigenvalue weighted by Gasteiger charge is -2.03. The average molecular weight is 359 g/mol. The average Bonchev–Trinajstić information content (AvgIpc) is 2.87. The molecule has 1 aromatic heterocycles. The summed E-state index contributed by atoms with van der Waals surface area (Å²) in [6, 6.07) is 9.29. The van der Waals surface area contributed by atoms with Gasteiger partial charge in [0.15, 0.2) is 5.57 Å².